The molecule has 0 bridgehead atoms. The average molecular weight is 312 g/mol. The first-order chi connectivity index (χ1) is 11.3. The molecular weight excluding hydrogens is 288 g/mol. The molecule has 4 heteroatoms. The zero-order valence-electron chi connectivity index (χ0n) is 13.6. The highest BCUT2D eigenvalue weighted by molar-refractivity contribution is 5.66. The van der Waals surface area contributed by atoms with Crippen LogP contribution in [0.4, 0.5) is 4.79 Å². The van der Waals surface area contributed by atoms with Crippen LogP contribution in [0.5, 0.6) is 0 Å². The fourth-order valence-electron chi connectivity index (χ4n) is 2.21. The van der Waals surface area contributed by atoms with E-state index in [0.717, 1.165) is 24.0 Å². The molecule has 0 saturated carbocycles. The Labute approximate surface area is 138 Å². The molecule has 0 aromatic heterocycles. The molecule has 1 amide bonds. The Balaban J connectivity index is 1.97. The molecule has 0 aliphatic rings. The molecule has 2 aromatic rings. The number of carbonyl (C=O) groups excluding carboxylic acids is 1. The second-order valence-electron chi connectivity index (χ2n) is 5.43. The van der Waals surface area contributed by atoms with Crippen molar-refractivity contribution in [2.45, 2.75) is 32.9 Å². The maximum absolute atomic E-state index is 11.9. The van der Waals surface area contributed by atoms with Crippen molar-refractivity contribution in [2.75, 3.05) is 6.54 Å². The minimum atomic E-state index is -0.398. The first-order valence-electron chi connectivity index (χ1n) is 8.06. The van der Waals surface area contributed by atoms with Crippen molar-refractivity contribution in [1.82, 2.24) is 10.4 Å². The predicted octanol–water partition coefficient (Wildman–Crippen LogP) is 4.13. The highest BCUT2D eigenvalue weighted by Crippen LogP contribution is 2.10. The van der Waals surface area contributed by atoms with E-state index in [1.807, 2.05) is 60.7 Å². The van der Waals surface area contributed by atoms with E-state index >= 15 is 0 Å². The van der Waals surface area contributed by atoms with Crippen LogP contribution in [0.25, 0.3) is 0 Å². The molecule has 1 N–H and O–H groups in total. The van der Waals surface area contributed by atoms with Crippen LogP contribution in [0.1, 0.15) is 30.9 Å². The van der Waals surface area contributed by atoms with Crippen molar-refractivity contribution < 1.29 is 9.63 Å². The largest absolute Gasteiger partial charge is 0.426 e. The molecule has 0 aliphatic carbocycles. The number of hydroxylamine groups is 2. The molecule has 0 aliphatic heterocycles. The van der Waals surface area contributed by atoms with Gasteiger partial charge in [0.25, 0.3) is 0 Å². The van der Waals surface area contributed by atoms with Crippen LogP contribution in [0.15, 0.2) is 60.7 Å². The van der Waals surface area contributed by atoms with E-state index in [4.69, 9.17) is 4.84 Å². The van der Waals surface area contributed by atoms with Crippen molar-refractivity contribution in [2.24, 2.45) is 0 Å². The summed E-state index contributed by atoms with van der Waals surface area (Å²) in [6, 6.07) is 20.0. The van der Waals surface area contributed by atoms with Gasteiger partial charge in [0, 0.05) is 6.54 Å². The summed E-state index contributed by atoms with van der Waals surface area (Å²) in [6.07, 6.45) is 1.59. The number of amides is 1. The highest BCUT2D eigenvalue weighted by Gasteiger charge is 2.13. The molecule has 4 nitrogen and oxygen atoms in total. The summed E-state index contributed by atoms with van der Waals surface area (Å²) in [5, 5.41) is 4.47. The molecule has 0 spiro atoms. The van der Waals surface area contributed by atoms with E-state index in [1.165, 1.54) is 0 Å². The summed E-state index contributed by atoms with van der Waals surface area (Å²) < 4.78 is 0. The van der Waals surface area contributed by atoms with Crippen LogP contribution in [-0.2, 0) is 17.9 Å². The molecule has 0 unspecified atom stereocenters. The van der Waals surface area contributed by atoms with E-state index in [0.29, 0.717) is 19.6 Å². The third-order valence-corrected chi connectivity index (χ3v) is 3.42. The lowest BCUT2D eigenvalue weighted by Gasteiger charge is -2.21. The number of nitrogens with one attached hydrogen (secondary N) is 1. The third kappa shape index (κ3) is 6.53. The normalized spacial score (nSPS) is 10.5. The van der Waals surface area contributed by atoms with Gasteiger partial charge in [-0.25, -0.2) is 4.79 Å². The Hall–Kier alpha value is -2.33. The van der Waals surface area contributed by atoms with Gasteiger partial charge in [0.1, 0.15) is 0 Å². The first-order valence-corrected chi connectivity index (χ1v) is 8.06. The first kappa shape index (κ1) is 17.0. The van der Waals surface area contributed by atoms with Gasteiger partial charge in [-0.3, -0.25) is 0 Å². The van der Waals surface area contributed by atoms with Crippen LogP contribution in [0.2, 0.25) is 0 Å². The van der Waals surface area contributed by atoms with Gasteiger partial charge in [-0.15, -0.1) is 5.06 Å². The van der Waals surface area contributed by atoms with Gasteiger partial charge in [0.05, 0.1) is 13.1 Å². The van der Waals surface area contributed by atoms with E-state index in [9.17, 15) is 4.79 Å². The van der Waals surface area contributed by atoms with Gasteiger partial charge in [0.15, 0.2) is 0 Å². The van der Waals surface area contributed by atoms with Gasteiger partial charge < -0.3 is 10.2 Å². The molecule has 0 saturated heterocycles. The molecule has 0 fully saturated rings. The van der Waals surface area contributed by atoms with E-state index in [-0.39, 0.29) is 0 Å². The standard InChI is InChI=1S/C19H24N2O2/c1-2-3-14-20-19(22)23-21(15-17-10-6-4-7-11-17)16-18-12-8-5-9-13-18/h4-13H,2-3,14-16H2,1H3,(H,20,22). The second kappa shape index (κ2) is 9.64. The Morgan fingerprint density at radius 3 is 1.96 bits per heavy atom. The molecule has 2 rings (SSSR count). The maximum atomic E-state index is 11.9. The Morgan fingerprint density at radius 2 is 1.48 bits per heavy atom. The summed E-state index contributed by atoms with van der Waals surface area (Å²) in [5.74, 6) is 0. The summed E-state index contributed by atoms with van der Waals surface area (Å²) in [7, 11) is 0. The number of carbonyl (C=O) groups is 1. The summed E-state index contributed by atoms with van der Waals surface area (Å²) >= 11 is 0. The number of hydrogen-bond acceptors (Lipinski definition) is 3. The van der Waals surface area contributed by atoms with E-state index in [2.05, 4.69) is 12.2 Å². The SMILES string of the molecule is CCCCNC(=O)ON(Cc1ccccc1)Cc1ccccc1. The molecule has 0 atom stereocenters. The van der Waals surface area contributed by atoms with Crippen molar-refractivity contribution >= 4 is 6.09 Å². The predicted molar refractivity (Wildman–Crippen MR) is 91.5 cm³/mol. The topological polar surface area (TPSA) is 41.6 Å². The fraction of sp³-hybridized carbons (Fsp3) is 0.316. The Morgan fingerprint density at radius 1 is 0.957 bits per heavy atom. The minimum absolute atomic E-state index is 0.398. The molecule has 23 heavy (non-hydrogen) atoms. The molecule has 0 heterocycles. The summed E-state index contributed by atoms with van der Waals surface area (Å²) in [6.45, 7) is 3.83. The number of rotatable bonds is 8. The zero-order valence-corrected chi connectivity index (χ0v) is 13.6. The van der Waals surface area contributed by atoms with Gasteiger partial charge in [0.2, 0.25) is 0 Å². The third-order valence-electron chi connectivity index (χ3n) is 3.42. The van der Waals surface area contributed by atoms with Gasteiger partial charge >= 0.3 is 6.09 Å². The Bertz CT molecular complexity index is 531. The monoisotopic (exact) mass is 312 g/mol. The fourth-order valence-corrected chi connectivity index (χ4v) is 2.21. The quantitative estimate of drug-likeness (QED) is 0.588. The van der Waals surface area contributed by atoms with Gasteiger partial charge in [-0.2, -0.15) is 0 Å². The van der Waals surface area contributed by atoms with Crippen molar-refractivity contribution in [3.63, 3.8) is 0 Å². The van der Waals surface area contributed by atoms with Gasteiger partial charge in [-0.05, 0) is 17.5 Å². The number of benzene rings is 2. The average Bonchev–Trinajstić information content (AvgIpc) is 2.57. The van der Waals surface area contributed by atoms with Crippen molar-refractivity contribution in [3.05, 3.63) is 71.8 Å². The lowest BCUT2D eigenvalue weighted by molar-refractivity contribution is -0.115. The minimum Gasteiger partial charge on any atom is -0.350 e. The zero-order chi connectivity index (χ0) is 16.3. The second-order valence-corrected chi connectivity index (χ2v) is 5.43. The van der Waals surface area contributed by atoms with Crippen LogP contribution in [0, 0.1) is 0 Å². The highest BCUT2D eigenvalue weighted by atomic mass is 16.7. The molecule has 2 aromatic carbocycles. The van der Waals surface area contributed by atoms with Crippen LogP contribution < -0.4 is 5.32 Å². The Kier molecular flexibility index (Phi) is 7.14. The van der Waals surface area contributed by atoms with Crippen LogP contribution >= 0.6 is 0 Å². The number of unbranched alkanes of at least 4 members (excludes halogenated alkanes) is 1. The van der Waals surface area contributed by atoms with E-state index < -0.39 is 6.09 Å². The van der Waals surface area contributed by atoms with Crippen LogP contribution in [0.3, 0.4) is 0 Å². The smallest absolute Gasteiger partial charge is 0.350 e. The van der Waals surface area contributed by atoms with Crippen molar-refractivity contribution in [1.29, 1.82) is 0 Å². The lowest BCUT2D eigenvalue weighted by atomic mass is 10.2. The maximum Gasteiger partial charge on any atom is 0.426 e. The van der Waals surface area contributed by atoms with E-state index in [1.54, 1.807) is 5.06 Å². The molecular formula is C19H24N2O2. The summed E-state index contributed by atoms with van der Waals surface area (Å²) in [5.41, 5.74) is 2.20. The summed E-state index contributed by atoms with van der Waals surface area (Å²) in [4.78, 5) is 17.4. The van der Waals surface area contributed by atoms with Gasteiger partial charge in [-0.1, -0.05) is 74.0 Å². The molecule has 122 valence electrons. The number of hydrogen-bond donors (Lipinski definition) is 1. The molecule has 0 radical (unpaired) electrons. The lowest BCUT2D eigenvalue weighted by Crippen LogP contribution is -2.33. The van der Waals surface area contributed by atoms with Crippen LogP contribution in [-0.4, -0.2) is 17.7 Å². The van der Waals surface area contributed by atoms with Crippen molar-refractivity contribution in [3.8, 4) is 0 Å². The number of nitrogens with zero attached hydrogens (tertiary/aromatic N) is 1.